The lowest BCUT2D eigenvalue weighted by atomic mass is 10.2. The lowest BCUT2D eigenvalue weighted by Crippen LogP contribution is -2.32. The van der Waals surface area contributed by atoms with Gasteiger partial charge in [-0.1, -0.05) is 19.1 Å². The zero-order valence-corrected chi connectivity index (χ0v) is 14.5. The van der Waals surface area contributed by atoms with Crippen molar-refractivity contribution < 1.29 is 13.2 Å². The van der Waals surface area contributed by atoms with Crippen LogP contribution in [0.25, 0.3) is 0 Å². The van der Waals surface area contributed by atoms with Gasteiger partial charge in [0.15, 0.2) is 0 Å². The smallest absolute Gasteiger partial charge is 0.254 e. The minimum absolute atomic E-state index is 0.142. The fraction of sp³-hybridized carbons (Fsp3) is 0.353. The van der Waals surface area contributed by atoms with E-state index in [1.807, 2.05) is 6.92 Å². The normalized spacial score (nSPS) is 12.4. The topological polar surface area (TPSA) is 66.5 Å². The van der Waals surface area contributed by atoms with Gasteiger partial charge in [-0.25, -0.2) is 13.1 Å². The maximum absolute atomic E-state index is 12.4. The number of nitrogens with zero attached hydrogens (tertiary/aromatic N) is 1. The standard InChI is InChI=1S/C17H24N2O3S/c1-5-12-19(13-6-2)17(20)15-8-10-16(11-9-15)23(21,22)18-14(4)7-3/h5-6,8-11,14,18H,1-2,7,12-13H2,3-4H3. The molecule has 1 unspecified atom stereocenters. The van der Waals surface area contributed by atoms with Crippen molar-refractivity contribution >= 4 is 15.9 Å². The molecule has 23 heavy (non-hydrogen) atoms. The van der Waals surface area contributed by atoms with Gasteiger partial charge in [0.2, 0.25) is 10.0 Å². The molecule has 1 amide bonds. The first-order valence-electron chi connectivity index (χ1n) is 7.49. The molecule has 1 aromatic rings. The average Bonchev–Trinajstić information content (AvgIpc) is 2.53. The van der Waals surface area contributed by atoms with Gasteiger partial charge < -0.3 is 4.90 Å². The average molecular weight is 336 g/mol. The summed E-state index contributed by atoms with van der Waals surface area (Å²) in [6, 6.07) is 5.78. The van der Waals surface area contributed by atoms with E-state index in [-0.39, 0.29) is 16.8 Å². The molecule has 126 valence electrons. The minimum atomic E-state index is -3.56. The summed E-state index contributed by atoms with van der Waals surface area (Å²) < 4.78 is 27.0. The van der Waals surface area contributed by atoms with E-state index in [4.69, 9.17) is 0 Å². The van der Waals surface area contributed by atoms with Crippen molar-refractivity contribution in [2.45, 2.75) is 31.2 Å². The summed E-state index contributed by atoms with van der Waals surface area (Å²) in [5.74, 6) is -0.191. The zero-order chi connectivity index (χ0) is 17.5. The van der Waals surface area contributed by atoms with Gasteiger partial charge >= 0.3 is 0 Å². The third-order valence-electron chi connectivity index (χ3n) is 3.37. The van der Waals surface area contributed by atoms with Gasteiger partial charge in [-0.2, -0.15) is 0 Å². The first-order valence-corrected chi connectivity index (χ1v) is 8.97. The third-order valence-corrected chi connectivity index (χ3v) is 4.97. The number of nitrogens with one attached hydrogen (secondary N) is 1. The number of carbonyl (C=O) groups is 1. The molecule has 0 radical (unpaired) electrons. The van der Waals surface area contributed by atoms with Gasteiger partial charge in [-0.3, -0.25) is 4.79 Å². The number of carbonyl (C=O) groups excluding carboxylic acids is 1. The van der Waals surface area contributed by atoms with E-state index >= 15 is 0 Å². The van der Waals surface area contributed by atoms with Crippen LogP contribution in [-0.4, -0.2) is 38.4 Å². The number of amides is 1. The Morgan fingerprint density at radius 3 is 2.17 bits per heavy atom. The molecule has 0 saturated carbocycles. The molecule has 0 spiro atoms. The summed E-state index contributed by atoms with van der Waals surface area (Å²) in [5.41, 5.74) is 0.427. The molecule has 1 rings (SSSR count). The second-order valence-corrected chi connectivity index (χ2v) is 6.96. The molecular formula is C17H24N2O3S. The molecule has 0 bridgehead atoms. The van der Waals surface area contributed by atoms with Crippen molar-refractivity contribution in [3.63, 3.8) is 0 Å². The van der Waals surface area contributed by atoms with E-state index in [1.165, 1.54) is 24.3 Å². The molecule has 5 nitrogen and oxygen atoms in total. The van der Waals surface area contributed by atoms with Crippen LogP contribution in [0, 0.1) is 0 Å². The van der Waals surface area contributed by atoms with E-state index in [2.05, 4.69) is 17.9 Å². The fourth-order valence-electron chi connectivity index (χ4n) is 1.93. The van der Waals surface area contributed by atoms with Gasteiger partial charge in [-0.05, 0) is 37.6 Å². The van der Waals surface area contributed by atoms with Crippen LogP contribution < -0.4 is 4.72 Å². The van der Waals surface area contributed by atoms with Crippen molar-refractivity contribution in [1.29, 1.82) is 0 Å². The maximum Gasteiger partial charge on any atom is 0.254 e. The molecule has 0 fully saturated rings. The molecule has 0 saturated heterocycles. The molecular weight excluding hydrogens is 312 g/mol. The Balaban J connectivity index is 2.97. The Bertz CT molecular complexity index is 641. The van der Waals surface area contributed by atoms with Crippen LogP contribution >= 0.6 is 0 Å². The zero-order valence-electron chi connectivity index (χ0n) is 13.7. The molecule has 0 aliphatic carbocycles. The molecule has 1 N–H and O–H groups in total. The minimum Gasteiger partial charge on any atom is -0.331 e. The number of hydrogen-bond acceptors (Lipinski definition) is 3. The second kappa shape index (κ2) is 8.64. The predicted molar refractivity (Wildman–Crippen MR) is 92.8 cm³/mol. The Kier molecular flexibility index (Phi) is 7.19. The molecule has 1 aromatic carbocycles. The molecule has 0 aliphatic heterocycles. The van der Waals surface area contributed by atoms with E-state index < -0.39 is 10.0 Å². The van der Waals surface area contributed by atoms with Crippen LogP contribution in [0.2, 0.25) is 0 Å². The Labute approximate surface area is 138 Å². The first kappa shape index (κ1) is 19.1. The summed E-state index contributed by atoms with van der Waals surface area (Å²) >= 11 is 0. The van der Waals surface area contributed by atoms with Gasteiger partial charge in [0.1, 0.15) is 0 Å². The highest BCUT2D eigenvalue weighted by Gasteiger charge is 2.18. The highest BCUT2D eigenvalue weighted by atomic mass is 32.2. The lowest BCUT2D eigenvalue weighted by molar-refractivity contribution is 0.0790. The van der Waals surface area contributed by atoms with Crippen LogP contribution in [0.15, 0.2) is 54.5 Å². The summed E-state index contributed by atoms with van der Waals surface area (Å²) in [6.45, 7) is 11.8. The molecule has 0 aliphatic rings. The molecule has 0 aromatic heterocycles. The van der Waals surface area contributed by atoms with E-state index in [0.29, 0.717) is 25.1 Å². The molecule has 0 heterocycles. The summed E-state index contributed by atoms with van der Waals surface area (Å²) in [6.07, 6.45) is 3.97. The highest BCUT2D eigenvalue weighted by Crippen LogP contribution is 2.13. The SMILES string of the molecule is C=CCN(CC=C)C(=O)c1ccc(S(=O)(=O)NC(C)CC)cc1. The maximum atomic E-state index is 12.4. The number of sulfonamides is 1. The van der Waals surface area contributed by atoms with Crippen molar-refractivity contribution in [1.82, 2.24) is 9.62 Å². The Morgan fingerprint density at radius 2 is 1.74 bits per heavy atom. The largest absolute Gasteiger partial charge is 0.331 e. The predicted octanol–water partition coefficient (Wildman–Crippen LogP) is 2.58. The number of hydrogen-bond donors (Lipinski definition) is 1. The van der Waals surface area contributed by atoms with Crippen molar-refractivity contribution in [3.05, 3.63) is 55.1 Å². The van der Waals surface area contributed by atoms with Crippen LogP contribution in [0.5, 0.6) is 0 Å². The second-order valence-electron chi connectivity index (χ2n) is 5.24. The Morgan fingerprint density at radius 1 is 1.22 bits per heavy atom. The van der Waals surface area contributed by atoms with Gasteiger partial charge in [0.25, 0.3) is 5.91 Å². The summed E-state index contributed by atoms with van der Waals surface area (Å²) in [7, 11) is -3.56. The van der Waals surface area contributed by atoms with Crippen molar-refractivity contribution in [2.24, 2.45) is 0 Å². The highest BCUT2D eigenvalue weighted by molar-refractivity contribution is 7.89. The monoisotopic (exact) mass is 336 g/mol. The van der Waals surface area contributed by atoms with E-state index in [1.54, 1.807) is 24.0 Å². The van der Waals surface area contributed by atoms with E-state index in [0.717, 1.165) is 0 Å². The van der Waals surface area contributed by atoms with Crippen molar-refractivity contribution in [3.8, 4) is 0 Å². The Hall–Kier alpha value is -1.92. The van der Waals surface area contributed by atoms with Crippen LogP contribution in [-0.2, 0) is 10.0 Å². The quantitative estimate of drug-likeness (QED) is 0.705. The molecule has 6 heteroatoms. The number of benzene rings is 1. The lowest BCUT2D eigenvalue weighted by Gasteiger charge is -2.19. The first-order chi connectivity index (χ1) is 10.9. The summed E-state index contributed by atoms with van der Waals surface area (Å²) in [5, 5.41) is 0. The third kappa shape index (κ3) is 5.33. The van der Waals surface area contributed by atoms with Gasteiger partial charge in [0, 0.05) is 24.7 Å². The molecule has 1 atom stereocenters. The van der Waals surface area contributed by atoms with E-state index in [9.17, 15) is 13.2 Å². The van der Waals surface area contributed by atoms with Crippen molar-refractivity contribution in [2.75, 3.05) is 13.1 Å². The van der Waals surface area contributed by atoms with Gasteiger partial charge in [0.05, 0.1) is 4.90 Å². The van der Waals surface area contributed by atoms with Crippen LogP contribution in [0.1, 0.15) is 30.6 Å². The van der Waals surface area contributed by atoms with Crippen LogP contribution in [0.3, 0.4) is 0 Å². The summed E-state index contributed by atoms with van der Waals surface area (Å²) in [4.78, 5) is 14.1. The van der Waals surface area contributed by atoms with Gasteiger partial charge in [-0.15, -0.1) is 13.2 Å². The van der Waals surface area contributed by atoms with Crippen LogP contribution in [0.4, 0.5) is 0 Å². The fourth-order valence-corrected chi connectivity index (χ4v) is 3.25. The number of rotatable bonds is 9.